The van der Waals surface area contributed by atoms with E-state index in [1.54, 1.807) is 18.6 Å². The van der Waals surface area contributed by atoms with E-state index < -0.39 is 0 Å². The van der Waals surface area contributed by atoms with Crippen LogP contribution in [0.25, 0.3) is 33.3 Å². The molecule has 0 aromatic carbocycles. The molecule has 28 heavy (non-hydrogen) atoms. The van der Waals surface area contributed by atoms with Gasteiger partial charge in [-0.05, 0) is 42.3 Å². The Morgan fingerprint density at radius 3 is 2.82 bits per heavy atom. The molecule has 0 bridgehead atoms. The van der Waals surface area contributed by atoms with Crippen LogP contribution in [-0.4, -0.2) is 25.8 Å². The van der Waals surface area contributed by atoms with Gasteiger partial charge in [0.05, 0.1) is 11.9 Å². The number of pyridine rings is 3. The molecule has 4 rings (SSSR count). The number of aromatic amines is 1. The van der Waals surface area contributed by atoms with Crippen LogP contribution < -0.4 is 5.32 Å². The Labute approximate surface area is 162 Å². The lowest BCUT2D eigenvalue weighted by Gasteiger charge is -2.06. The molecule has 6 heteroatoms. The molecule has 0 aliphatic carbocycles. The Balaban J connectivity index is 1.77. The Bertz CT molecular complexity index is 1180. The Kier molecular flexibility index (Phi) is 4.68. The first-order valence-corrected chi connectivity index (χ1v) is 8.99. The van der Waals surface area contributed by atoms with Gasteiger partial charge < -0.3 is 10.3 Å². The molecule has 1 amide bonds. The van der Waals surface area contributed by atoms with Crippen molar-refractivity contribution >= 4 is 22.6 Å². The summed E-state index contributed by atoms with van der Waals surface area (Å²) in [4.78, 5) is 27.9. The maximum Gasteiger partial charge on any atom is 0.247 e. The molecule has 138 valence electrons. The minimum Gasteiger partial charge on any atom is -0.346 e. The van der Waals surface area contributed by atoms with Crippen molar-refractivity contribution in [3.05, 3.63) is 73.6 Å². The number of nitrogens with one attached hydrogen (secondary N) is 2. The normalized spacial score (nSPS) is 10.8. The van der Waals surface area contributed by atoms with Crippen LogP contribution in [0.3, 0.4) is 0 Å². The molecule has 0 fully saturated rings. The molecule has 0 atom stereocenters. The van der Waals surface area contributed by atoms with Crippen LogP contribution in [0.4, 0.5) is 5.69 Å². The molecular formula is C22H19N5O. The summed E-state index contributed by atoms with van der Waals surface area (Å²) in [5.74, 6) is -0.273. The smallest absolute Gasteiger partial charge is 0.247 e. The zero-order valence-corrected chi connectivity index (χ0v) is 15.4. The summed E-state index contributed by atoms with van der Waals surface area (Å²) in [5, 5.41) is 3.75. The van der Waals surface area contributed by atoms with Crippen LogP contribution in [-0.2, 0) is 11.2 Å². The molecule has 2 N–H and O–H groups in total. The summed E-state index contributed by atoms with van der Waals surface area (Å²) in [6.45, 7) is 5.56. The van der Waals surface area contributed by atoms with Crippen molar-refractivity contribution in [3.63, 3.8) is 0 Å². The number of carbonyl (C=O) groups excluding carboxylic acids is 1. The van der Waals surface area contributed by atoms with Crippen LogP contribution >= 0.6 is 0 Å². The van der Waals surface area contributed by atoms with Gasteiger partial charge in [-0.2, -0.15) is 0 Å². The monoisotopic (exact) mass is 369 g/mol. The van der Waals surface area contributed by atoms with Crippen LogP contribution in [0.15, 0.2) is 67.9 Å². The fourth-order valence-electron chi connectivity index (χ4n) is 3.10. The number of aromatic nitrogens is 4. The van der Waals surface area contributed by atoms with Crippen LogP contribution in [0.5, 0.6) is 0 Å². The predicted molar refractivity (Wildman–Crippen MR) is 111 cm³/mol. The average molecular weight is 369 g/mol. The molecule has 0 radical (unpaired) electrons. The van der Waals surface area contributed by atoms with Gasteiger partial charge in [0.2, 0.25) is 5.91 Å². The Morgan fingerprint density at radius 1 is 1.14 bits per heavy atom. The number of hydrogen-bond donors (Lipinski definition) is 2. The SMILES string of the molecule is C=CC(=O)Nc1cncc(-c2cnc3[nH]cc(-c4ccnc(CC)c4)c3c2)c1. The third-order valence-electron chi connectivity index (χ3n) is 4.55. The number of aryl methyl sites for hydroxylation is 1. The van der Waals surface area contributed by atoms with E-state index in [4.69, 9.17) is 0 Å². The first kappa shape index (κ1) is 17.6. The number of anilines is 1. The number of carbonyl (C=O) groups is 1. The van der Waals surface area contributed by atoms with E-state index in [1.165, 1.54) is 6.08 Å². The molecule has 0 spiro atoms. The van der Waals surface area contributed by atoms with Gasteiger partial charge in [-0.25, -0.2) is 4.98 Å². The maximum atomic E-state index is 11.5. The molecule has 4 aromatic heterocycles. The van der Waals surface area contributed by atoms with Crippen molar-refractivity contribution < 1.29 is 4.79 Å². The van der Waals surface area contributed by atoms with Crippen LogP contribution in [0.2, 0.25) is 0 Å². The van der Waals surface area contributed by atoms with Gasteiger partial charge in [0.15, 0.2) is 0 Å². The lowest BCUT2D eigenvalue weighted by Crippen LogP contribution is -2.07. The van der Waals surface area contributed by atoms with Gasteiger partial charge in [-0.3, -0.25) is 14.8 Å². The topological polar surface area (TPSA) is 83.6 Å². The molecular weight excluding hydrogens is 350 g/mol. The Morgan fingerprint density at radius 2 is 2.00 bits per heavy atom. The van der Waals surface area contributed by atoms with Gasteiger partial charge in [-0.1, -0.05) is 13.5 Å². The number of hydrogen-bond acceptors (Lipinski definition) is 4. The molecule has 0 aliphatic rings. The molecule has 0 unspecified atom stereocenters. The highest BCUT2D eigenvalue weighted by Crippen LogP contribution is 2.31. The third kappa shape index (κ3) is 3.40. The minimum atomic E-state index is -0.273. The number of nitrogens with zero attached hydrogens (tertiary/aromatic N) is 3. The zero-order valence-electron chi connectivity index (χ0n) is 15.4. The number of amides is 1. The van der Waals surface area contributed by atoms with E-state index in [9.17, 15) is 4.79 Å². The summed E-state index contributed by atoms with van der Waals surface area (Å²) >= 11 is 0. The molecule has 4 heterocycles. The van der Waals surface area contributed by atoms with Crippen molar-refractivity contribution in [3.8, 4) is 22.3 Å². The molecule has 4 aromatic rings. The fraction of sp³-hybridized carbons (Fsp3) is 0.0909. The highest BCUT2D eigenvalue weighted by Gasteiger charge is 2.10. The summed E-state index contributed by atoms with van der Waals surface area (Å²) in [7, 11) is 0. The van der Waals surface area contributed by atoms with Crippen molar-refractivity contribution in [2.24, 2.45) is 0 Å². The van der Waals surface area contributed by atoms with E-state index in [2.05, 4.69) is 50.9 Å². The largest absolute Gasteiger partial charge is 0.346 e. The number of fused-ring (bicyclic) bond motifs is 1. The predicted octanol–water partition coefficient (Wildman–Crippen LogP) is 4.37. The van der Waals surface area contributed by atoms with Gasteiger partial charge in [0.25, 0.3) is 0 Å². The second-order valence-electron chi connectivity index (χ2n) is 6.37. The average Bonchev–Trinajstić information content (AvgIpc) is 3.17. The second kappa shape index (κ2) is 7.44. The van der Waals surface area contributed by atoms with Crippen molar-refractivity contribution in [2.45, 2.75) is 13.3 Å². The van der Waals surface area contributed by atoms with Crippen molar-refractivity contribution in [2.75, 3.05) is 5.32 Å². The van der Waals surface area contributed by atoms with E-state index in [1.807, 2.05) is 24.5 Å². The van der Waals surface area contributed by atoms with Crippen LogP contribution in [0, 0.1) is 0 Å². The summed E-state index contributed by atoms with van der Waals surface area (Å²) in [5.41, 5.74) is 6.43. The lowest BCUT2D eigenvalue weighted by atomic mass is 10.0. The Hall–Kier alpha value is -3.80. The van der Waals surface area contributed by atoms with Gasteiger partial charge in [0, 0.05) is 52.6 Å². The summed E-state index contributed by atoms with van der Waals surface area (Å²) < 4.78 is 0. The maximum absolute atomic E-state index is 11.5. The van der Waals surface area contributed by atoms with Crippen LogP contribution in [0.1, 0.15) is 12.6 Å². The highest BCUT2D eigenvalue weighted by atomic mass is 16.1. The molecule has 0 aliphatic heterocycles. The minimum absolute atomic E-state index is 0.273. The second-order valence-corrected chi connectivity index (χ2v) is 6.37. The quantitative estimate of drug-likeness (QED) is 0.512. The highest BCUT2D eigenvalue weighted by molar-refractivity contribution is 5.99. The summed E-state index contributed by atoms with van der Waals surface area (Å²) in [6, 6.07) is 8.05. The van der Waals surface area contributed by atoms with E-state index in [-0.39, 0.29) is 5.91 Å². The first-order chi connectivity index (χ1) is 13.7. The third-order valence-corrected chi connectivity index (χ3v) is 4.55. The molecule has 0 saturated carbocycles. The van der Waals surface area contributed by atoms with Crippen molar-refractivity contribution in [1.29, 1.82) is 0 Å². The number of H-pyrrole nitrogens is 1. The van der Waals surface area contributed by atoms with Gasteiger partial charge in [-0.15, -0.1) is 0 Å². The lowest BCUT2D eigenvalue weighted by molar-refractivity contribution is -0.111. The summed E-state index contributed by atoms with van der Waals surface area (Å²) in [6.07, 6.45) is 11.1. The fourth-order valence-corrected chi connectivity index (χ4v) is 3.10. The standard InChI is InChI=1S/C22H19N5O/c1-3-17-7-14(5-6-24-17)20-13-26-22-19(20)9-16(11-25-22)15-8-18(12-23-10-15)27-21(28)4-2/h4-13H,2-3H2,1H3,(H,25,26)(H,27,28). The van der Waals surface area contributed by atoms with E-state index >= 15 is 0 Å². The van der Waals surface area contributed by atoms with Gasteiger partial charge in [0.1, 0.15) is 5.65 Å². The van der Waals surface area contributed by atoms with Crippen molar-refractivity contribution in [1.82, 2.24) is 19.9 Å². The first-order valence-electron chi connectivity index (χ1n) is 8.99. The van der Waals surface area contributed by atoms with E-state index in [0.29, 0.717) is 5.69 Å². The van der Waals surface area contributed by atoms with E-state index in [0.717, 1.165) is 45.4 Å². The number of rotatable bonds is 5. The van der Waals surface area contributed by atoms with Gasteiger partial charge >= 0.3 is 0 Å². The zero-order chi connectivity index (χ0) is 19.5. The molecule has 6 nitrogen and oxygen atoms in total. The molecule has 0 saturated heterocycles.